The number of hydrogen-bond acceptors (Lipinski definition) is 6. The van der Waals surface area contributed by atoms with Gasteiger partial charge in [-0.05, 0) is 0 Å². The van der Waals surface area contributed by atoms with Crippen molar-refractivity contribution in [3.8, 4) is 6.07 Å². The molecular weight excluding hydrogens is 222 g/mol. The Hall–Kier alpha value is -2.07. The van der Waals surface area contributed by atoms with Gasteiger partial charge in [0.15, 0.2) is 22.5 Å². The van der Waals surface area contributed by atoms with E-state index in [4.69, 9.17) is 27.7 Å². The fourth-order valence-corrected chi connectivity index (χ4v) is 0.976. The summed E-state index contributed by atoms with van der Waals surface area (Å²) in [6.45, 7) is -0.361. The summed E-state index contributed by atoms with van der Waals surface area (Å²) in [6.07, 6.45) is 0. The lowest BCUT2D eigenvalue weighted by atomic mass is 10.4. The van der Waals surface area contributed by atoms with Crippen LogP contribution in [0.1, 0.15) is 5.69 Å². The predicted octanol–water partition coefficient (Wildman–Crippen LogP) is 0.0804. The molecule has 4 N–H and O–H groups in total. The summed E-state index contributed by atoms with van der Waals surface area (Å²) < 4.78 is 0. The van der Waals surface area contributed by atoms with Gasteiger partial charge in [-0.2, -0.15) is 5.26 Å². The summed E-state index contributed by atoms with van der Waals surface area (Å²) in [4.78, 5) is 17.6. The third-order valence-corrected chi connectivity index (χ3v) is 1.66. The molecule has 0 atom stereocenters. The highest BCUT2D eigenvalue weighted by atomic mass is 35.5. The summed E-state index contributed by atoms with van der Waals surface area (Å²) in [5.74, 6) is -1.14. The number of nitrogen functional groups attached to an aromatic ring is 1. The molecule has 0 radical (unpaired) electrons. The lowest BCUT2D eigenvalue weighted by Gasteiger charge is -2.05. The van der Waals surface area contributed by atoms with E-state index < -0.39 is 5.97 Å². The van der Waals surface area contributed by atoms with Crippen LogP contribution in [0.4, 0.5) is 11.6 Å². The lowest BCUT2D eigenvalue weighted by Crippen LogP contribution is -2.15. The fourth-order valence-electron chi connectivity index (χ4n) is 0.782. The zero-order chi connectivity index (χ0) is 11.4. The van der Waals surface area contributed by atoms with Crippen LogP contribution in [0.15, 0.2) is 0 Å². The van der Waals surface area contributed by atoms with E-state index in [1.165, 1.54) is 0 Å². The number of carboxylic acids is 1. The van der Waals surface area contributed by atoms with E-state index in [1.807, 2.05) is 0 Å². The molecule has 7 nitrogen and oxygen atoms in total. The SMILES string of the molecule is N#Cc1nc(Cl)c(NCC(=O)O)nc1N. The molecule has 0 unspecified atom stereocenters. The van der Waals surface area contributed by atoms with Crippen molar-refractivity contribution < 1.29 is 9.90 Å². The number of nitriles is 1. The molecule has 1 aromatic rings. The summed E-state index contributed by atoms with van der Waals surface area (Å²) in [6, 6.07) is 1.70. The Balaban J connectivity index is 2.96. The molecule has 15 heavy (non-hydrogen) atoms. The third kappa shape index (κ3) is 2.69. The van der Waals surface area contributed by atoms with Gasteiger partial charge in [-0.15, -0.1) is 0 Å². The molecule has 0 saturated heterocycles. The number of nitrogens with two attached hydrogens (primary N) is 1. The minimum absolute atomic E-state index is 0.0376. The van der Waals surface area contributed by atoms with Gasteiger partial charge in [-0.25, -0.2) is 9.97 Å². The maximum Gasteiger partial charge on any atom is 0.322 e. The average molecular weight is 228 g/mol. The molecule has 1 aromatic heterocycles. The van der Waals surface area contributed by atoms with Gasteiger partial charge < -0.3 is 16.2 Å². The van der Waals surface area contributed by atoms with E-state index in [-0.39, 0.29) is 29.0 Å². The molecule has 0 aliphatic heterocycles. The molecule has 0 aliphatic carbocycles. The van der Waals surface area contributed by atoms with E-state index in [9.17, 15) is 4.79 Å². The van der Waals surface area contributed by atoms with E-state index in [0.717, 1.165) is 0 Å². The van der Waals surface area contributed by atoms with Crippen molar-refractivity contribution in [3.05, 3.63) is 10.8 Å². The zero-order valence-corrected chi connectivity index (χ0v) is 8.12. The van der Waals surface area contributed by atoms with E-state index in [2.05, 4.69) is 15.3 Å². The number of rotatable bonds is 3. The quantitative estimate of drug-likeness (QED) is 0.668. The first-order valence-corrected chi connectivity index (χ1v) is 4.11. The van der Waals surface area contributed by atoms with Crippen molar-refractivity contribution in [1.29, 1.82) is 5.26 Å². The molecule has 0 aliphatic rings. The minimum Gasteiger partial charge on any atom is -0.480 e. The molecule has 1 rings (SSSR count). The van der Waals surface area contributed by atoms with Crippen molar-refractivity contribution in [2.24, 2.45) is 0 Å². The molecule has 8 heteroatoms. The fraction of sp³-hybridized carbons (Fsp3) is 0.143. The van der Waals surface area contributed by atoms with Crippen LogP contribution in [0.25, 0.3) is 0 Å². The number of nitrogens with zero attached hydrogens (tertiary/aromatic N) is 3. The highest BCUT2D eigenvalue weighted by Gasteiger charge is 2.10. The molecule has 0 fully saturated rings. The summed E-state index contributed by atoms with van der Waals surface area (Å²) >= 11 is 5.63. The second kappa shape index (κ2) is 4.43. The molecule has 0 aromatic carbocycles. The maximum atomic E-state index is 10.3. The van der Waals surface area contributed by atoms with E-state index >= 15 is 0 Å². The van der Waals surface area contributed by atoms with Gasteiger partial charge in [-0.3, -0.25) is 4.79 Å². The zero-order valence-electron chi connectivity index (χ0n) is 7.36. The first kappa shape index (κ1) is 11.0. The Kier molecular flexibility index (Phi) is 3.25. The first-order chi connectivity index (χ1) is 7.04. The molecule has 0 amide bonds. The van der Waals surface area contributed by atoms with Crippen molar-refractivity contribution in [2.75, 3.05) is 17.6 Å². The van der Waals surface area contributed by atoms with Crippen LogP contribution in [0.5, 0.6) is 0 Å². The number of aromatic nitrogens is 2. The van der Waals surface area contributed by atoms with Gasteiger partial charge in [0.05, 0.1) is 0 Å². The predicted molar refractivity (Wildman–Crippen MR) is 52.3 cm³/mol. The monoisotopic (exact) mass is 227 g/mol. The van der Waals surface area contributed by atoms with Crippen LogP contribution >= 0.6 is 11.6 Å². The van der Waals surface area contributed by atoms with Crippen LogP contribution < -0.4 is 11.1 Å². The summed E-state index contributed by atoms with van der Waals surface area (Å²) in [5.41, 5.74) is 5.27. The second-order valence-electron chi connectivity index (χ2n) is 2.46. The van der Waals surface area contributed by atoms with Crippen molar-refractivity contribution in [1.82, 2.24) is 9.97 Å². The molecule has 1 heterocycles. The Morgan fingerprint density at radius 2 is 2.33 bits per heavy atom. The Bertz CT molecular complexity index is 442. The molecule has 78 valence electrons. The summed E-state index contributed by atoms with van der Waals surface area (Å²) in [7, 11) is 0. The largest absolute Gasteiger partial charge is 0.480 e. The molecule has 0 spiro atoms. The second-order valence-corrected chi connectivity index (χ2v) is 2.81. The summed E-state index contributed by atoms with van der Waals surface area (Å²) in [5, 5.41) is 19.3. The minimum atomic E-state index is -1.07. The standard InChI is InChI=1S/C7H6ClN5O2/c8-5-7(11-2-4(14)15)13-6(10)3(1-9)12-5/h2H2,(H,14,15)(H3,10,11,13). The van der Waals surface area contributed by atoms with Gasteiger partial charge >= 0.3 is 5.97 Å². The highest BCUT2D eigenvalue weighted by Crippen LogP contribution is 2.19. The van der Waals surface area contributed by atoms with Gasteiger partial charge in [0.25, 0.3) is 0 Å². The number of hydrogen-bond donors (Lipinski definition) is 3. The van der Waals surface area contributed by atoms with Crippen LogP contribution in [0, 0.1) is 11.3 Å². The number of aliphatic carboxylic acids is 1. The number of carboxylic acid groups (broad SMARTS) is 1. The average Bonchev–Trinajstić information content (AvgIpc) is 2.18. The Labute approximate surface area is 89.5 Å². The highest BCUT2D eigenvalue weighted by molar-refractivity contribution is 6.31. The number of anilines is 2. The maximum absolute atomic E-state index is 10.3. The van der Waals surface area contributed by atoms with Crippen molar-refractivity contribution >= 4 is 29.2 Å². The number of nitrogens with one attached hydrogen (secondary N) is 1. The smallest absolute Gasteiger partial charge is 0.322 e. The van der Waals surface area contributed by atoms with Gasteiger partial charge in [-0.1, -0.05) is 11.6 Å². The van der Waals surface area contributed by atoms with Crippen LogP contribution in [0.2, 0.25) is 5.15 Å². The van der Waals surface area contributed by atoms with Gasteiger partial charge in [0.1, 0.15) is 12.6 Å². The van der Waals surface area contributed by atoms with Crippen LogP contribution in [-0.4, -0.2) is 27.6 Å². The first-order valence-electron chi connectivity index (χ1n) is 3.73. The van der Waals surface area contributed by atoms with Crippen LogP contribution in [0.3, 0.4) is 0 Å². The number of carbonyl (C=O) groups is 1. The van der Waals surface area contributed by atoms with Gasteiger partial charge in [0, 0.05) is 0 Å². The normalized spacial score (nSPS) is 9.33. The lowest BCUT2D eigenvalue weighted by molar-refractivity contribution is -0.134. The van der Waals surface area contributed by atoms with Crippen LogP contribution in [-0.2, 0) is 4.79 Å². The molecule has 0 bridgehead atoms. The van der Waals surface area contributed by atoms with Gasteiger partial charge in [0.2, 0.25) is 0 Å². The van der Waals surface area contributed by atoms with E-state index in [1.54, 1.807) is 6.07 Å². The van der Waals surface area contributed by atoms with Crippen molar-refractivity contribution in [2.45, 2.75) is 0 Å². The Morgan fingerprint density at radius 1 is 1.67 bits per heavy atom. The van der Waals surface area contributed by atoms with Crippen molar-refractivity contribution in [3.63, 3.8) is 0 Å². The van der Waals surface area contributed by atoms with E-state index in [0.29, 0.717) is 0 Å². The molecule has 0 saturated carbocycles. The molecular formula is C7H6ClN5O2. The Morgan fingerprint density at radius 3 is 2.87 bits per heavy atom. The third-order valence-electron chi connectivity index (χ3n) is 1.39. The number of halogens is 1. The topological polar surface area (TPSA) is 125 Å².